The summed E-state index contributed by atoms with van der Waals surface area (Å²) >= 11 is 0. The zero-order chi connectivity index (χ0) is 11.1. The summed E-state index contributed by atoms with van der Waals surface area (Å²) in [4.78, 5) is 2.25. The zero-order valence-corrected chi connectivity index (χ0v) is 9.22. The summed E-state index contributed by atoms with van der Waals surface area (Å²) < 4.78 is 28.4. The van der Waals surface area contributed by atoms with Crippen molar-refractivity contribution in [2.45, 2.75) is 25.8 Å². The molecule has 15 heavy (non-hydrogen) atoms. The molecule has 5 heteroatoms. The molecule has 0 bridgehead atoms. The Morgan fingerprint density at radius 3 is 3.00 bits per heavy atom. The van der Waals surface area contributed by atoms with Gasteiger partial charge in [0, 0.05) is 25.7 Å². The van der Waals surface area contributed by atoms with E-state index in [-0.39, 0.29) is 0 Å². The summed E-state index contributed by atoms with van der Waals surface area (Å²) in [5.74, 6) is 0. The molecule has 0 spiro atoms. The highest BCUT2D eigenvalue weighted by Crippen LogP contribution is 2.01. The molecular weight excluding hydrogens is 202 g/mol. The first-order valence-electron chi connectivity index (χ1n) is 5.50. The molecule has 0 saturated carbocycles. The molecule has 1 unspecified atom stereocenters. The molecule has 1 rings (SSSR count). The second-order valence-corrected chi connectivity index (χ2v) is 3.95. The summed E-state index contributed by atoms with van der Waals surface area (Å²) in [5.41, 5.74) is 0. The van der Waals surface area contributed by atoms with Crippen LogP contribution in [0.15, 0.2) is 0 Å². The minimum atomic E-state index is -2.35. The normalized spacial score (nSPS) is 24.4. The van der Waals surface area contributed by atoms with Crippen molar-refractivity contribution in [1.29, 1.82) is 0 Å². The first-order chi connectivity index (χ1) is 7.18. The topological polar surface area (TPSA) is 24.5 Å². The molecule has 1 fully saturated rings. The van der Waals surface area contributed by atoms with Crippen LogP contribution in [0.25, 0.3) is 0 Å². The summed E-state index contributed by atoms with van der Waals surface area (Å²) in [6, 6.07) is 0.553. The second kappa shape index (κ2) is 7.09. The number of nitrogens with one attached hydrogen (secondary N) is 1. The van der Waals surface area contributed by atoms with Crippen molar-refractivity contribution in [3.63, 3.8) is 0 Å². The van der Waals surface area contributed by atoms with Gasteiger partial charge in [-0.1, -0.05) is 0 Å². The standard InChI is InChI=1S/C10H20F2N2O/c1-9-2-4-14(5-3-13-9)6-7-15-8-10(11)12/h9-10,13H,2-8H2,1H3. The molecule has 1 N–H and O–H groups in total. The largest absolute Gasteiger partial charge is 0.374 e. The number of ether oxygens (including phenoxy) is 1. The van der Waals surface area contributed by atoms with Crippen LogP contribution in [0.1, 0.15) is 13.3 Å². The van der Waals surface area contributed by atoms with Crippen molar-refractivity contribution < 1.29 is 13.5 Å². The Hall–Kier alpha value is -0.260. The van der Waals surface area contributed by atoms with E-state index in [1.165, 1.54) is 0 Å². The Morgan fingerprint density at radius 1 is 1.47 bits per heavy atom. The predicted molar refractivity (Wildman–Crippen MR) is 55.3 cm³/mol. The maximum atomic E-state index is 11.8. The molecule has 0 radical (unpaired) electrons. The van der Waals surface area contributed by atoms with E-state index < -0.39 is 13.0 Å². The fourth-order valence-corrected chi connectivity index (χ4v) is 1.65. The fourth-order valence-electron chi connectivity index (χ4n) is 1.65. The van der Waals surface area contributed by atoms with Gasteiger partial charge >= 0.3 is 0 Å². The van der Waals surface area contributed by atoms with Gasteiger partial charge in [0.25, 0.3) is 6.43 Å². The molecule has 90 valence electrons. The number of alkyl halides is 2. The van der Waals surface area contributed by atoms with Gasteiger partial charge in [0.2, 0.25) is 0 Å². The van der Waals surface area contributed by atoms with Crippen molar-refractivity contribution in [3.8, 4) is 0 Å². The molecule has 1 atom stereocenters. The highest BCUT2D eigenvalue weighted by Gasteiger charge is 2.12. The zero-order valence-electron chi connectivity index (χ0n) is 9.22. The summed E-state index contributed by atoms with van der Waals surface area (Å²) in [5, 5.41) is 3.38. The SMILES string of the molecule is CC1CCN(CCOCC(F)F)CCN1. The molecule has 1 saturated heterocycles. The van der Waals surface area contributed by atoms with Crippen LogP contribution in [0.4, 0.5) is 8.78 Å². The van der Waals surface area contributed by atoms with E-state index in [0.29, 0.717) is 12.6 Å². The van der Waals surface area contributed by atoms with Gasteiger partial charge in [0.1, 0.15) is 6.61 Å². The van der Waals surface area contributed by atoms with E-state index in [2.05, 4.69) is 17.1 Å². The van der Waals surface area contributed by atoms with Gasteiger partial charge in [-0.05, 0) is 19.9 Å². The quantitative estimate of drug-likeness (QED) is 0.701. The highest BCUT2D eigenvalue weighted by atomic mass is 19.3. The van der Waals surface area contributed by atoms with Crippen LogP contribution in [-0.2, 0) is 4.74 Å². The monoisotopic (exact) mass is 222 g/mol. The first-order valence-corrected chi connectivity index (χ1v) is 5.50. The van der Waals surface area contributed by atoms with E-state index in [1.54, 1.807) is 0 Å². The van der Waals surface area contributed by atoms with Gasteiger partial charge < -0.3 is 10.1 Å². The Labute approximate surface area is 89.8 Å². The third kappa shape index (κ3) is 6.02. The smallest absolute Gasteiger partial charge is 0.261 e. The van der Waals surface area contributed by atoms with Crippen LogP contribution >= 0.6 is 0 Å². The van der Waals surface area contributed by atoms with E-state index in [1.807, 2.05) is 0 Å². The van der Waals surface area contributed by atoms with Gasteiger partial charge in [0.15, 0.2) is 0 Å². The Morgan fingerprint density at radius 2 is 2.27 bits per heavy atom. The van der Waals surface area contributed by atoms with Gasteiger partial charge in [-0.25, -0.2) is 8.78 Å². The average Bonchev–Trinajstić information content (AvgIpc) is 2.38. The number of hydrogen-bond donors (Lipinski definition) is 1. The number of halogens is 2. The van der Waals surface area contributed by atoms with Crippen molar-refractivity contribution in [1.82, 2.24) is 10.2 Å². The summed E-state index contributed by atoms with van der Waals surface area (Å²) in [6.45, 7) is 5.84. The Bertz CT molecular complexity index is 170. The molecule has 0 amide bonds. The van der Waals surface area contributed by atoms with E-state index >= 15 is 0 Å². The first kappa shape index (κ1) is 12.8. The van der Waals surface area contributed by atoms with Crippen LogP contribution in [-0.4, -0.2) is 56.8 Å². The maximum absolute atomic E-state index is 11.8. The molecular formula is C10H20F2N2O. The lowest BCUT2D eigenvalue weighted by Crippen LogP contribution is -2.31. The molecule has 0 aliphatic carbocycles. The minimum Gasteiger partial charge on any atom is -0.374 e. The van der Waals surface area contributed by atoms with Crippen molar-refractivity contribution in [3.05, 3.63) is 0 Å². The molecule has 1 heterocycles. The second-order valence-electron chi connectivity index (χ2n) is 3.95. The third-order valence-corrected chi connectivity index (χ3v) is 2.59. The highest BCUT2D eigenvalue weighted by molar-refractivity contribution is 4.71. The van der Waals surface area contributed by atoms with Crippen LogP contribution in [0.5, 0.6) is 0 Å². The van der Waals surface area contributed by atoms with Crippen LogP contribution < -0.4 is 5.32 Å². The van der Waals surface area contributed by atoms with Gasteiger partial charge in [-0.15, -0.1) is 0 Å². The molecule has 3 nitrogen and oxygen atoms in total. The Balaban J connectivity index is 2.05. The van der Waals surface area contributed by atoms with Crippen molar-refractivity contribution >= 4 is 0 Å². The minimum absolute atomic E-state index is 0.402. The molecule has 1 aliphatic heterocycles. The van der Waals surface area contributed by atoms with Gasteiger partial charge in [-0.2, -0.15) is 0 Å². The predicted octanol–water partition coefficient (Wildman–Crippen LogP) is 0.952. The third-order valence-electron chi connectivity index (χ3n) is 2.59. The lowest BCUT2D eigenvalue weighted by atomic mass is 10.2. The summed E-state index contributed by atoms with van der Waals surface area (Å²) in [7, 11) is 0. The summed E-state index contributed by atoms with van der Waals surface area (Å²) in [6.07, 6.45) is -1.25. The average molecular weight is 222 g/mol. The molecule has 0 aromatic rings. The van der Waals surface area contributed by atoms with E-state index in [0.717, 1.165) is 32.6 Å². The Kier molecular flexibility index (Phi) is 6.05. The van der Waals surface area contributed by atoms with E-state index in [4.69, 9.17) is 4.74 Å². The van der Waals surface area contributed by atoms with Crippen molar-refractivity contribution in [2.75, 3.05) is 39.4 Å². The van der Waals surface area contributed by atoms with Crippen LogP contribution in [0.3, 0.4) is 0 Å². The molecule has 0 aromatic carbocycles. The van der Waals surface area contributed by atoms with Crippen molar-refractivity contribution in [2.24, 2.45) is 0 Å². The lowest BCUT2D eigenvalue weighted by molar-refractivity contribution is 0.0102. The van der Waals surface area contributed by atoms with E-state index in [9.17, 15) is 8.78 Å². The lowest BCUT2D eigenvalue weighted by Gasteiger charge is -2.19. The fraction of sp³-hybridized carbons (Fsp3) is 1.00. The van der Waals surface area contributed by atoms with Gasteiger partial charge in [0.05, 0.1) is 6.61 Å². The van der Waals surface area contributed by atoms with Gasteiger partial charge in [-0.3, -0.25) is 4.90 Å². The molecule has 1 aliphatic rings. The maximum Gasteiger partial charge on any atom is 0.261 e. The number of rotatable bonds is 5. The van der Waals surface area contributed by atoms with Crippen LogP contribution in [0.2, 0.25) is 0 Å². The number of hydrogen-bond acceptors (Lipinski definition) is 3. The van der Waals surface area contributed by atoms with Crippen LogP contribution in [0, 0.1) is 0 Å². The molecule has 0 aromatic heterocycles. The number of nitrogens with zero attached hydrogens (tertiary/aromatic N) is 1.